The molecular formula is C23H20ClN3O2S. The van der Waals surface area contributed by atoms with Gasteiger partial charge >= 0.3 is 0 Å². The molecule has 0 fully saturated rings. The van der Waals surface area contributed by atoms with Crippen LogP contribution in [-0.4, -0.2) is 18.2 Å². The molecule has 0 aliphatic rings. The Hall–Kier alpha value is -2.93. The molecule has 0 amide bonds. The minimum absolute atomic E-state index is 0.0155. The molecule has 0 radical (unpaired) electrons. The van der Waals surface area contributed by atoms with Gasteiger partial charge in [-0.3, -0.25) is 0 Å². The van der Waals surface area contributed by atoms with Crippen molar-refractivity contribution < 1.29 is 8.42 Å². The van der Waals surface area contributed by atoms with Crippen LogP contribution in [0.1, 0.15) is 11.1 Å². The second-order valence-corrected chi connectivity index (χ2v) is 9.13. The number of hydrogen-bond acceptors (Lipinski definition) is 3. The third kappa shape index (κ3) is 3.89. The molecule has 0 saturated carbocycles. The van der Waals surface area contributed by atoms with E-state index in [1.807, 2.05) is 44.2 Å². The second kappa shape index (κ2) is 7.72. The summed E-state index contributed by atoms with van der Waals surface area (Å²) in [6.45, 7) is 4.05. The van der Waals surface area contributed by atoms with Gasteiger partial charge < -0.3 is 0 Å². The fourth-order valence-electron chi connectivity index (χ4n) is 3.49. The first-order valence-electron chi connectivity index (χ1n) is 9.30. The van der Waals surface area contributed by atoms with E-state index in [4.69, 9.17) is 21.8 Å². The number of aryl methyl sites for hydroxylation is 2. The Morgan fingerprint density at radius 1 is 0.933 bits per heavy atom. The van der Waals surface area contributed by atoms with E-state index in [0.29, 0.717) is 16.4 Å². The number of para-hydroxylation sites is 1. The number of primary sulfonamides is 1. The highest BCUT2D eigenvalue weighted by molar-refractivity contribution is 7.89. The zero-order chi connectivity index (χ0) is 21.5. The molecule has 7 heteroatoms. The van der Waals surface area contributed by atoms with Crippen molar-refractivity contribution in [2.75, 3.05) is 0 Å². The molecule has 0 spiro atoms. The SMILES string of the molecule is Cc1ccc(-c2cc(-c3ccc(Cl)cc3)nn2-c2ccccc2S(N)(=O)=O)c(C)c1. The topological polar surface area (TPSA) is 78.0 Å². The second-order valence-electron chi connectivity index (χ2n) is 7.16. The lowest BCUT2D eigenvalue weighted by Gasteiger charge is -2.13. The monoisotopic (exact) mass is 437 g/mol. The van der Waals surface area contributed by atoms with Crippen LogP contribution in [0.25, 0.3) is 28.2 Å². The van der Waals surface area contributed by atoms with Gasteiger partial charge in [-0.05, 0) is 49.7 Å². The summed E-state index contributed by atoms with van der Waals surface area (Å²) in [6.07, 6.45) is 0. The minimum Gasteiger partial charge on any atom is -0.231 e. The van der Waals surface area contributed by atoms with E-state index in [2.05, 4.69) is 6.07 Å². The number of nitrogens with zero attached hydrogens (tertiary/aromatic N) is 2. The number of aromatic nitrogens is 2. The Bertz CT molecular complexity index is 1340. The number of sulfonamides is 1. The van der Waals surface area contributed by atoms with Gasteiger partial charge in [-0.1, -0.05) is 59.6 Å². The summed E-state index contributed by atoms with van der Waals surface area (Å²) in [4.78, 5) is 0.0155. The maximum atomic E-state index is 12.2. The number of hydrogen-bond donors (Lipinski definition) is 1. The summed E-state index contributed by atoms with van der Waals surface area (Å²) in [6, 6.07) is 22.0. The Labute approximate surface area is 180 Å². The largest absolute Gasteiger partial charge is 0.240 e. The molecule has 0 aliphatic heterocycles. The highest BCUT2D eigenvalue weighted by Gasteiger charge is 2.20. The van der Waals surface area contributed by atoms with Crippen LogP contribution < -0.4 is 5.14 Å². The quantitative estimate of drug-likeness (QED) is 0.481. The van der Waals surface area contributed by atoms with Gasteiger partial charge in [0, 0.05) is 16.1 Å². The van der Waals surface area contributed by atoms with E-state index < -0.39 is 10.0 Å². The summed E-state index contributed by atoms with van der Waals surface area (Å²) < 4.78 is 26.1. The van der Waals surface area contributed by atoms with E-state index >= 15 is 0 Å². The van der Waals surface area contributed by atoms with Crippen molar-refractivity contribution in [2.24, 2.45) is 5.14 Å². The van der Waals surface area contributed by atoms with Gasteiger partial charge in [-0.25, -0.2) is 18.2 Å². The van der Waals surface area contributed by atoms with Gasteiger partial charge in [-0.2, -0.15) is 5.10 Å². The van der Waals surface area contributed by atoms with E-state index in [1.165, 1.54) is 6.07 Å². The first kappa shape index (κ1) is 20.3. The predicted molar refractivity (Wildman–Crippen MR) is 120 cm³/mol. The highest BCUT2D eigenvalue weighted by Crippen LogP contribution is 2.33. The molecule has 1 aromatic heterocycles. The van der Waals surface area contributed by atoms with Crippen LogP contribution in [0.2, 0.25) is 5.02 Å². The lowest BCUT2D eigenvalue weighted by atomic mass is 10.0. The van der Waals surface area contributed by atoms with Crippen molar-refractivity contribution in [3.8, 4) is 28.2 Å². The van der Waals surface area contributed by atoms with Gasteiger partial charge in [0.15, 0.2) is 0 Å². The average molecular weight is 438 g/mol. The number of benzene rings is 3. The van der Waals surface area contributed by atoms with E-state index in [1.54, 1.807) is 35.0 Å². The molecule has 30 heavy (non-hydrogen) atoms. The van der Waals surface area contributed by atoms with Crippen molar-refractivity contribution in [1.82, 2.24) is 9.78 Å². The third-order valence-electron chi connectivity index (χ3n) is 4.91. The Morgan fingerprint density at radius 3 is 2.30 bits per heavy atom. The van der Waals surface area contributed by atoms with Crippen molar-refractivity contribution in [3.63, 3.8) is 0 Å². The molecule has 4 aromatic rings. The molecule has 5 nitrogen and oxygen atoms in total. The molecule has 0 saturated heterocycles. The molecule has 152 valence electrons. The maximum Gasteiger partial charge on any atom is 0.240 e. The van der Waals surface area contributed by atoms with Gasteiger partial charge in [-0.15, -0.1) is 0 Å². The molecule has 3 aromatic carbocycles. The van der Waals surface area contributed by atoms with Gasteiger partial charge in [0.2, 0.25) is 10.0 Å². The van der Waals surface area contributed by atoms with E-state index in [0.717, 1.165) is 27.9 Å². The lowest BCUT2D eigenvalue weighted by molar-refractivity contribution is 0.596. The van der Waals surface area contributed by atoms with Crippen LogP contribution in [0.5, 0.6) is 0 Å². The zero-order valence-corrected chi connectivity index (χ0v) is 18.1. The summed E-state index contributed by atoms with van der Waals surface area (Å²) in [5.74, 6) is 0. The summed E-state index contributed by atoms with van der Waals surface area (Å²) in [5.41, 5.74) is 5.90. The van der Waals surface area contributed by atoms with Crippen LogP contribution in [0.15, 0.2) is 77.7 Å². The van der Waals surface area contributed by atoms with Crippen LogP contribution in [0, 0.1) is 13.8 Å². The van der Waals surface area contributed by atoms with E-state index in [9.17, 15) is 8.42 Å². The predicted octanol–water partition coefficient (Wildman–Crippen LogP) is 5.12. The highest BCUT2D eigenvalue weighted by atomic mass is 35.5. The molecule has 2 N–H and O–H groups in total. The first-order chi connectivity index (χ1) is 14.2. The lowest BCUT2D eigenvalue weighted by Crippen LogP contribution is -2.16. The van der Waals surface area contributed by atoms with Crippen molar-refractivity contribution in [3.05, 3.63) is 88.9 Å². The Balaban J connectivity index is 2.01. The number of rotatable bonds is 4. The number of nitrogens with two attached hydrogens (primary N) is 1. The van der Waals surface area contributed by atoms with E-state index in [-0.39, 0.29) is 4.90 Å². The molecule has 4 rings (SSSR count). The molecule has 0 bridgehead atoms. The normalized spacial score (nSPS) is 11.6. The fraction of sp³-hybridized carbons (Fsp3) is 0.0870. The Kier molecular flexibility index (Phi) is 5.24. The minimum atomic E-state index is -3.94. The summed E-state index contributed by atoms with van der Waals surface area (Å²) >= 11 is 6.03. The Morgan fingerprint density at radius 2 is 1.63 bits per heavy atom. The first-order valence-corrected chi connectivity index (χ1v) is 11.2. The van der Waals surface area contributed by atoms with Crippen LogP contribution in [-0.2, 0) is 10.0 Å². The average Bonchev–Trinajstić information content (AvgIpc) is 3.13. The van der Waals surface area contributed by atoms with Crippen LogP contribution >= 0.6 is 11.6 Å². The molecule has 0 aliphatic carbocycles. The zero-order valence-electron chi connectivity index (χ0n) is 16.5. The van der Waals surface area contributed by atoms with Crippen molar-refractivity contribution in [2.45, 2.75) is 18.7 Å². The molecule has 0 atom stereocenters. The standard InChI is InChI=1S/C23H20ClN3O2S/c1-15-7-12-19(16(2)13-15)22-14-20(17-8-10-18(24)11-9-17)26-27(22)21-5-3-4-6-23(21)30(25,28)29/h3-14H,1-2H3,(H2,25,28,29). The fourth-order valence-corrected chi connectivity index (χ4v) is 4.33. The molecule has 0 unspecified atom stereocenters. The van der Waals surface area contributed by atoms with Crippen LogP contribution in [0.4, 0.5) is 0 Å². The number of halogens is 1. The molecular weight excluding hydrogens is 418 g/mol. The van der Waals surface area contributed by atoms with Crippen LogP contribution in [0.3, 0.4) is 0 Å². The third-order valence-corrected chi connectivity index (χ3v) is 6.12. The van der Waals surface area contributed by atoms with Gasteiger partial charge in [0.25, 0.3) is 0 Å². The van der Waals surface area contributed by atoms with Crippen molar-refractivity contribution >= 4 is 21.6 Å². The smallest absolute Gasteiger partial charge is 0.231 e. The van der Waals surface area contributed by atoms with Crippen molar-refractivity contribution in [1.29, 1.82) is 0 Å². The maximum absolute atomic E-state index is 12.2. The molecule has 1 heterocycles. The van der Waals surface area contributed by atoms with Gasteiger partial charge in [0.05, 0.1) is 17.1 Å². The van der Waals surface area contributed by atoms with Gasteiger partial charge in [0.1, 0.15) is 4.90 Å². The summed E-state index contributed by atoms with van der Waals surface area (Å²) in [5, 5.41) is 10.9. The summed E-state index contributed by atoms with van der Waals surface area (Å²) in [7, 11) is -3.94.